The minimum absolute atomic E-state index is 0.00201. The van der Waals surface area contributed by atoms with Gasteiger partial charge in [0.2, 0.25) is 0 Å². The van der Waals surface area contributed by atoms with E-state index in [1.807, 2.05) is 23.7 Å². The van der Waals surface area contributed by atoms with Crippen molar-refractivity contribution in [3.05, 3.63) is 105 Å². The van der Waals surface area contributed by atoms with Gasteiger partial charge >= 0.3 is 0 Å². The third kappa shape index (κ3) is 4.47. The number of fused-ring (bicyclic) bond motifs is 1. The van der Waals surface area contributed by atoms with Crippen molar-refractivity contribution in [3.63, 3.8) is 0 Å². The number of pyridine rings is 2. The Morgan fingerprint density at radius 2 is 2.06 bits per heavy atom. The van der Waals surface area contributed by atoms with E-state index in [2.05, 4.69) is 20.3 Å². The van der Waals surface area contributed by atoms with Gasteiger partial charge in [-0.25, -0.2) is 18.7 Å². The van der Waals surface area contributed by atoms with Crippen molar-refractivity contribution in [2.24, 2.45) is 0 Å². The molecule has 0 aliphatic rings. The second-order valence-corrected chi connectivity index (χ2v) is 8.86. The number of nitrogens with one attached hydrogen (secondary N) is 2. The molecule has 1 amide bonds. The van der Waals surface area contributed by atoms with E-state index < -0.39 is 29.1 Å². The van der Waals surface area contributed by atoms with Crippen molar-refractivity contribution >= 4 is 28.3 Å². The SMILES string of the molecule is C[C@@H](NC(=O)c1cccn(Cc2ccc(F)c(F)c2)c1=O)c1nc(-c2c[nH]c3ncccc23)cs1. The maximum Gasteiger partial charge on any atom is 0.263 e. The van der Waals surface area contributed by atoms with E-state index in [0.29, 0.717) is 10.6 Å². The van der Waals surface area contributed by atoms with Crippen LogP contribution < -0.4 is 10.9 Å². The number of H-pyrrole nitrogens is 1. The van der Waals surface area contributed by atoms with Crippen LogP contribution >= 0.6 is 11.3 Å². The van der Waals surface area contributed by atoms with Crippen LogP contribution in [0.1, 0.15) is 33.9 Å². The monoisotopic (exact) mass is 491 g/mol. The number of benzene rings is 1. The number of amides is 1. The molecule has 7 nitrogen and oxygen atoms in total. The van der Waals surface area contributed by atoms with E-state index in [1.54, 1.807) is 19.2 Å². The molecular weight excluding hydrogens is 472 g/mol. The molecule has 2 N–H and O–H groups in total. The quantitative estimate of drug-likeness (QED) is 0.361. The van der Waals surface area contributed by atoms with Gasteiger partial charge in [0.1, 0.15) is 16.2 Å². The van der Waals surface area contributed by atoms with Gasteiger partial charge in [-0.2, -0.15) is 0 Å². The van der Waals surface area contributed by atoms with Crippen molar-refractivity contribution in [2.45, 2.75) is 19.5 Å². The lowest BCUT2D eigenvalue weighted by molar-refractivity contribution is 0.0937. The first-order valence-electron chi connectivity index (χ1n) is 10.7. The Bertz CT molecular complexity index is 1610. The van der Waals surface area contributed by atoms with E-state index >= 15 is 0 Å². The zero-order valence-electron chi connectivity index (χ0n) is 18.5. The first kappa shape index (κ1) is 22.6. The summed E-state index contributed by atoms with van der Waals surface area (Å²) < 4.78 is 28.0. The first-order chi connectivity index (χ1) is 16.9. The zero-order valence-corrected chi connectivity index (χ0v) is 19.3. The van der Waals surface area contributed by atoms with Crippen LogP contribution in [0.5, 0.6) is 0 Å². The summed E-state index contributed by atoms with van der Waals surface area (Å²) in [4.78, 5) is 37.8. The van der Waals surface area contributed by atoms with E-state index in [1.165, 1.54) is 34.2 Å². The van der Waals surface area contributed by atoms with Gasteiger partial charge in [0.25, 0.3) is 11.5 Å². The molecule has 0 aliphatic heterocycles. The molecular formula is C25H19F2N5O2S. The van der Waals surface area contributed by atoms with Crippen molar-refractivity contribution in [1.82, 2.24) is 24.8 Å². The fourth-order valence-corrected chi connectivity index (χ4v) is 4.61. The van der Waals surface area contributed by atoms with Gasteiger partial charge in [-0.1, -0.05) is 6.07 Å². The molecule has 5 rings (SSSR count). The summed E-state index contributed by atoms with van der Waals surface area (Å²) >= 11 is 1.40. The van der Waals surface area contributed by atoms with Crippen LogP contribution in [0.3, 0.4) is 0 Å². The van der Waals surface area contributed by atoms with Gasteiger partial charge in [-0.15, -0.1) is 11.3 Å². The largest absolute Gasteiger partial charge is 0.345 e. The highest BCUT2D eigenvalue weighted by atomic mass is 32.1. The lowest BCUT2D eigenvalue weighted by Crippen LogP contribution is -2.34. The topological polar surface area (TPSA) is 92.7 Å². The van der Waals surface area contributed by atoms with Gasteiger partial charge in [-0.05, 0) is 48.9 Å². The van der Waals surface area contributed by atoms with Crippen LogP contribution in [0.25, 0.3) is 22.3 Å². The molecule has 176 valence electrons. The van der Waals surface area contributed by atoms with Crippen LogP contribution in [0.15, 0.2) is 71.2 Å². The summed E-state index contributed by atoms with van der Waals surface area (Å²) in [6, 6.07) is 9.79. The second kappa shape index (κ2) is 9.22. The van der Waals surface area contributed by atoms with Crippen LogP contribution in [-0.4, -0.2) is 25.4 Å². The molecule has 35 heavy (non-hydrogen) atoms. The smallest absolute Gasteiger partial charge is 0.263 e. The van der Waals surface area contributed by atoms with E-state index in [-0.39, 0.29) is 12.1 Å². The molecule has 10 heteroatoms. The fourth-order valence-electron chi connectivity index (χ4n) is 3.78. The molecule has 4 aromatic heterocycles. The molecule has 1 atom stereocenters. The second-order valence-electron chi connectivity index (χ2n) is 7.97. The number of aromatic nitrogens is 4. The molecule has 0 spiro atoms. The number of carbonyl (C=O) groups excluding carboxylic acids is 1. The van der Waals surface area contributed by atoms with Crippen LogP contribution in [0.4, 0.5) is 8.78 Å². The molecule has 5 aromatic rings. The number of hydrogen-bond donors (Lipinski definition) is 2. The predicted molar refractivity (Wildman–Crippen MR) is 129 cm³/mol. The number of nitrogens with zero attached hydrogens (tertiary/aromatic N) is 3. The molecule has 0 saturated carbocycles. The van der Waals surface area contributed by atoms with Crippen LogP contribution in [0, 0.1) is 11.6 Å². The Morgan fingerprint density at radius 3 is 2.89 bits per heavy atom. The number of aromatic amines is 1. The molecule has 1 aromatic carbocycles. The highest BCUT2D eigenvalue weighted by Crippen LogP contribution is 2.30. The summed E-state index contributed by atoms with van der Waals surface area (Å²) in [6.07, 6.45) is 5.05. The maximum absolute atomic E-state index is 13.5. The molecule has 0 saturated heterocycles. The minimum atomic E-state index is -0.995. The average Bonchev–Trinajstić information content (AvgIpc) is 3.50. The molecule has 4 heterocycles. The highest BCUT2D eigenvalue weighted by Gasteiger charge is 2.19. The van der Waals surface area contributed by atoms with Gasteiger partial charge in [0.15, 0.2) is 11.6 Å². The molecule has 0 bridgehead atoms. The van der Waals surface area contributed by atoms with Crippen molar-refractivity contribution < 1.29 is 13.6 Å². The summed E-state index contributed by atoms with van der Waals surface area (Å²) in [5.74, 6) is -2.50. The Morgan fingerprint density at radius 1 is 1.20 bits per heavy atom. The van der Waals surface area contributed by atoms with Crippen molar-refractivity contribution in [2.75, 3.05) is 0 Å². The lowest BCUT2D eigenvalue weighted by Gasteiger charge is -2.12. The Hall–Kier alpha value is -4.18. The third-order valence-electron chi connectivity index (χ3n) is 5.57. The van der Waals surface area contributed by atoms with E-state index in [9.17, 15) is 18.4 Å². The average molecular weight is 492 g/mol. The zero-order chi connectivity index (χ0) is 24.5. The summed E-state index contributed by atoms with van der Waals surface area (Å²) in [5, 5.41) is 6.37. The van der Waals surface area contributed by atoms with Crippen molar-refractivity contribution in [3.8, 4) is 11.3 Å². The van der Waals surface area contributed by atoms with Gasteiger partial charge in [0.05, 0.1) is 18.3 Å². The minimum Gasteiger partial charge on any atom is -0.345 e. The number of hydrogen-bond acceptors (Lipinski definition) is 5. The molecule has 0 unspecified atom stereocenters. The predicted octanol–water partition coefficient (Wildman–Crippen LogP) is 4.67. The summed E-state index contributed by atoms with van der Waals surface area (Å²) in [6.45, 7) is 1.79. The van der Waals surface area contributed by atoms with Gasteiger partial charge in [0, 0.05) is 34.9 Å². The summed E-state index contributed by atoms with van der Waals surface area (Å²) in [5.41, 5.74) is 2.26. The number of halogens is 2. The Labute approximate surface area is 202 Å². The first-order valence-corrected chi connectivity index (χ1v) is 11.6. The number of thiazole rings is 1. The Kier molecular flexibility index (Phi) is 5.96. The Balaban J connectivity index is 1.33. The van der Waals surface area contributed by atoms with E-state index in [0.717, 1.165) is 34.4 Å². The summed E-state index contributed by atoms with van der Waals surface area (Å²) in [7, 11) is 0. The van der Waals surface area contributed by atoms with E-state index in [4.69, 9.17) is 0 Å². The lowest BCUT2D eigenvalue weighted by atomic mass is 10.2. The molecule has 0 fully saturated rings. The van der Waals surface area contributed by atoms with Crippen LogP contribution in [-0.2, 0) is 6.54 Å². The number of rotatable bonds is 6. The molecule has 0 aliphatic carbocycles. The normalized spacial score (nSPS) is 12.1. The van der Waals surface area contributed by atoms with Gasteiger partial charge < -0.3 is 14.9 Å². The standard InChI is InChI=1S/C25H19F2N5O2S/c1-14(24-31-21(13-35-24)18-11-29-22-16(18)4-2-8-28-22)30-23(33)17-5-3-9-32(25(17)34)12-15-6-7-19(26)20(27)10-15/h2-11,13-14H,12H2,1H3,(H,28,29)(H,30,33)/t14-/m1/s1. The van der Waals surface area contributed by atoms with Crippen molar-refractivity contribution in [1.29, 1.82) is 0 Å². The maximum atomic E-state index is 13.5. The third-order valence-corrected chi connectivity index (χ3v) is 6.60. The molecule has 0 radical (unpaired) electrons. The highest BCUT2D eigenvalue weighted by molar-refractivity contribution is 7.10. The fraction of sp³-hybridized carbons (Fsp3) is 0.120. The van der Waals surface area contributed by atoms with Gasteiger partial charge in [-0.3, -0.25) is 9.59 Å². The number of carbonyl (C=O) groups is 1. The van der Waals surface area contributed by atoms with Crippen LogP contribution in [0.2, 0.25) is 0 Å².